The van der Waals surface area contributed by atoms with Crippen molar-refractivity contribution in [1.82, 2.24) is 5.32 Å². The first kappa shape index (κ1) is 16.3. The predicted octanol–water partition coefficient (Wildman–Crippen LogP) is 2.08. The summed E-state index contributed by atoms with van der Waals surface area (Å²) in [7, 11) is 1.47. The number of ether oxygens (including phenoxy) is 1. The van der Waals surface area contributed by atoms with Gasteiger partial charge in [-0.1, -0.05) is 6.07 Å². The molecule has 5 nitrogen and oxygen atoms in total. The predicted molar refractivity (Wildman–Crippen MR) is 80.1 cm³/mol. The van der Waals surface area contributed by atoms with Crippen molar-refractivity contribution in [1.29, 1.82) is 0 Å². The molecule has 7 heteroatoms. The minimum absolute atomic E-state index is 0.0318. The van der Waals surface area contributed by atoms with Gasteiger partial charge in [-0.3, -0.25) is 4.79 Å². The Morgan fingerprint density at radius 3 is 2.76 bits per heavy atom. The molecule has 1 heterocycles. The van der Waals surface area contributed by atoms with E-state index in [4.69, 9.17) is 15.4 Å². The van der Waals surface area contributed by atoms with Crippen LogP contribution in [0, 0.1) is 12.8 Å². The molecule has 1 aromatic carbocycles. The molecule has 1 N–H and O–H groups in total. The fraction of sp³-hybridized carbons (Fsp3) is 0.500. The molecule has 0 aromatic heterocycles. The van der Waals surface area contributed by atoms with Crippen LogP contribution < -0.4 is 5.32 Å². The molecule has 1 aromatic rings. The van der Waals surface area contributed by atoms with Crippen LogP contribution in [0.4, 0.5) is 0 Å². The molecule has 1 aliphatic heterocycles. The zero-order valence-electron chi connectivity index (χ0n) is 11.9. The molecule has 0 spiro atoms. The third-order valence-corrected chi connectivity index (χ3v) is 5.12. The number of nitrogens with one attached hydrogen (secondary N) is 1. The molecule has 0 bridgehead atoms. The van der Waals surface area contributed by atoms with Gasteiger partial charge in [-0.2, -0.15) is 0 Å². The Balaban J connectivity index is 2.18. The monoisotopic (exact) mass is 331 g/mol. The summed E-state index contributed by atoms with van der Waals surface area (Å²) >= 11 is 0. The molecule has 1 saturated heterocycles. The first-order chi connectivity index (χ1) is 9.79. The number of carbonyl (C=O) groups excluding carboxylic acids is 1. The van der Waals surface area contributed by atoms with E-state index in [-0.39, 0.29) is 22.8 Å². The van der Waals surface area contributed by atoms with Crippen molar-refractivity contribution in [3.8, 4) is 0 Å². The smallest absolute Gasteiger partial charge is 0.261 e. The zero-order valence-corrected chi connectivity index (χ0v) is 13.5. The number of hydrogen-bond donors (Lipinski definition) is 1. The van der Waals surface area contributed by atoms with E-state index in [1.165, 1.54) is 12.1 Å². The largest absolute Gasteiger partial charge is 0.381 e. The number of amides is 1. The second kappa shape index (κ2) is 6.34. The Hall–Kier alpha value is -1.11. The summed E-state index contributed by atoms with van der Waals surface area (Å²) in [6.07, 6.45) is 0.913. The van der Waals surface area contributed by atoms with Crippen LogP contribution in [0.1, 0.15) is 29.3 Å². The topological polar surface area (TPSA) is 72.5 Å². The lowest BCUT2D eigenvalue weighted by molar-refractivity contribution is 0.0921. The van der Waals surface area contributed by atoms with Gasteiger partial charge in [0.15, 0.2) is 0 Å². The molecular formula is C14H18ClNO4S. The Kier molecular flexibility index (Phi) is 4.91. The average Bonchev–Trinajstić information content (AvgIpc) is 2.91. The van der Waals surface area contributed by atoms with Crippen LogP contribution in [0.15, 0.2) is 23.1 Å². The molecular weight excluding hydrogens is 314 g/mol. The maximum atomic E-state index is 12.3. The Morgan fingerprint density at radius 2 is 2.19 bits per heavy atom. The van der Waals surface area contributed by atoms with E-state index in [2.05, 4.69) is 5.32 Å². The zero-order chi connectivity index (χ0) is 15.6. The SMILES string of the molecule is Cc1ccc(S(=O)(=O)Cl)cc1C(=O)NC(C)C1CCOC1. The van der Waals surface area contributed by atoms with Gasteiger partial charge in [0.25, 0.3) is 15.0 Å². The Bertz CT molecular complexity index is 638. The highest BCUT2D eigenvalue weighted by atomic mass is 35.7. The maximum Gasteiger partial charge on any atom is 0.261 e. The number of halogens is 1. The van der Waals surface area contributed by atoms with Crippen molar-refractivity contribution in [2.24, 2.45) is 5.92 Å². The second-order valence-electron chi connectivity index (χ2n) is 5.30. The number of hydrogen-bond acceptors (Lipinski definition) is 4. The molecule has 2 rings (SSSR count). The maximum absolute atomic E-state index is 12.3. The van der Waals surface area contributed by atoms with Crippen LogP contribution in [-0.2, 0) is 13.8 Å². The van der Waals surface area contributed by atoms with E-state index in [1.807, 2.05) is 6.92 Å². The number of carbonyl (C=O) groups is 1. The fourth-order valence-electron chi connectivity index (χ4n) is 2.35. The number of benzene rings is 1. The molecule has 1 amide bonds. The Morgan fingerprint density at radius 1 is 1.48 bits per heavy atom. The van der Waals surface area contributed by atoms with Crippen LogP contribution in [0.3, 0.4) is 0 Å². The second-order valence-corrected chi connectivity index (χ2v) is 7.87. The van der Waals surface area contributed by atoms with Gasteiger partial charge in [0.05, 0.1) is 11.5 Å². The molecule has 0 aliphatic carbocycles. The normalized spacial score (nSPS) is 20.2. The van der Waals surface area contributed by atoms with E-state index in [0.29, 0.717) is 24.3 Å². The fourth-order valence-corrected chi connectivity index (χ4v) is 3.12. The molecule has 116 valence electrons. The van der Waals surface area contributed by atoms with Crippen LogP contribution >= 0.6 is 10.7 Å². The van der Waals surface area contributed by atoms with Crippen LogP contribution in [0.25, 0.3) is 0 Å². The average molecular weight is 332 g/mol. The van der Waals surface area contributed by atoms with E-state index < -0.39 is 9.05 Å². The molecule has 1 aliphatic rings. The van der Waals surface area contributed by atoms with Gasteiger partial charge in [-0.15, -0.1) is 0 Å². The van der Waals surface area contributed by atoms with E-state index >= 15 is 0 Å². The van der Waals surface area contributed by atoms with Crippen LogP contribution in [-0.4, -0.2) is 33.6 Å². The van der Waals surface area contributed by atoms with Crippen molar-refractivity contribution in [3.63, 3.8) is 0 Å². The minimum Gasteiger partial charge on any atom is -0.381 e. The lowest BCUT2D eigenvalue weighted by Gasteiger charge is -2.20. The molecule has 0 radical (unpaired) electrons. The van der Waals surface area contributed by atoms with Crippen molar-refractivity contribution >= 4 is 25.6 Å². The summed E-state index contributed by atoms with van der Waals surface area (Å²) < 4.78 is 28.0. The number of aryl methyl sites for hydroxylation is 1. The van der Waals surface area contributed by atoms with Crippen LogP contribution in [0.2, 0.25) is 0 Å². The Labute approximate surface area is 129 Å². The van der Waals surface area contributed by atoms with Gasteiger partial charge >= 0.3 is 0 Å². The van der Waals surface area contributed by atoms with Gasteiger partial charge in [0, 0.05) is 34.8 Å². The van der Waals surface area contributed by atoms with E-state index in [9.17, 15) is 13.2 Å². The quantitative estimate of drug-likeness (QED) is 0.857. The summed E-state index contributed by atoms with van der Waals surface area (Å²) in [5.41, 5.74) is 1.02. The standard InChI is InChI=1S/C14H18ClNO4S/c1-9-3-4-12(21(15,18)19)7-13(9)14(17)16-10(2)11-5-6-20-8-11/h3-4,7,10-11H,5-6,8H2,1-2H3,(H,16,17). The van der Waals surface area contributed by atoms with Gasteiger partial charge in [0.1, 0.15) is 0 Å². The van der Waals surface area contributed by atoms with Crippen molar-refractivity contribution in [3.05, 3.63) is 29.3 Å². The van der Waals surface area contributed by atoms with Gasteiger partial charge < -0.3 is 10.1 Å². The summed E-state index contributed by atoms with van der Waals surface area (Å²) in [5.74, 6) is -0.0109. The molecule has 1 fully saturated rings. The minimum atomic E-state index is -3.85. The lowest BCUT2D eigenvalue weighted by atomic mass is 10.00. The molecule has 2 atom stereocenters. The summed E-state index contributed by atoms with van der Waals surface area (Å²) in [6, 6.07) is 4.25. The van der Waals surface area contributed by atoms with E-state index in [0.717, 1.165) is 6.42 Å². The molecule has 0 saturated carbocycles. The van der Waals surface area contributed by atoms with Gasteiger partial charge in [0.2, 0.25) is 0 Å². The third kappa shape index (κ3) is 3.96. The first-order valence-electron chi connectivity index (χ1n) is 6.73. The highest BCUT2D eigenvalue weighted by Gasteiger charge is 2.24. The highest BCUT2D eigenvalue weighted by molar-refractivity contribution is 8.13. The molecule has 2 unspecified atom stereocenters. The van der Waals surface area contributed by atoms with Crippen LogP contribution in [0.5, 0.6) is 0 Å². The summed E-state index contributed by atoms with van der Waals surface area (Å²) in [6.45, 7) is 5.03. The molecule has 21 heavy (non-hydrogen) atoms. The third-order valence-electron chi connectivity index (χ3n) is 3.77. The summed E-state index contributed by atoms with van der Waals surface area (Å²) in [5, 5.41) is 2.90. The van der Waals surface area contributed by atoms with Gasteiger partial charge in [-0.25, -0.2) is 8.42 Å². The lowest BCUT2D eigenvalue weighted by Crippen LogP contribution is -2.38. The van der Waals surface area contributed by atoms with Crippen molar-refractivity contribution < 1.29 is 17.9 Å². The van der Waals surface area contributed by atoms with E-state index in [1.54, 1.807) is 13.0 Å². The number of rotatable bonds is 4. The van der Waals surface area contributed by atoms with Crippen molar-refractivity contribution in [2.75, 3.05) is 13.2 Å². The first-order valence-corrected chi connectivity index (χ1v) is 9.04. The van der Waals surface area contributed by atoms with Gasteiger partial charge in [-0.05, 0) is 38.0 Å². The van der Waals surface area contributed by atoms with Crippen molar-refractivity contribution in [2.45, 2.75) is 31.2 Å². The summed E-state index contributed by atoms with van der Waals surface area (Å²) in [4.78, 5) is 12.2. The highest BCUT2D eigenvalue weighted by Crippen LogP contribution is 2.20.